The summed E-state index contributed by atoms with van der Waals surface area (Å²) in [7, 11) is 0. The van der Waals surface area contributed by atoms with Crippen LogP contribution in [-0.4, -0.2) is 60.2 Å². The molecule has 1 fully saturated rings. The first-order valence-electron chi connectivity index (χ1n) is 9.24. The van der Waals surface area contributed by atoms with Gasteiger partial charge in [0.05, 0.1) is 5.69 Å². The monoisotopic (exact) mass is 377 g/mol. The summed E-state index contributed by atoms with van der Waals surface area (Å²) in [6, 6.07) is 5.56. The SMILES string of the molecule is CCNC(=NCCc1ccc(F)cc1F)N1CCN(Cc2ccon2)CC1. The molecule has 0 amide bonds. The van der Waals surface area contributed by atoms with E-state index in [2.05, 4.69) is 25.3 Å². The minimum atomic E-state index is -0.559. The number of hydrogen-bond donors (Lipinski definition) is 1. The van der Waals surface area contributed by atoms with Gasteiger partial charge in [-0.1, -0.05) is 11.2 Å². The van der Waals surface area contributed by atoms with Crippen LogP contribution in [0.4, 0.5) is 8.78 Å². The lowest BCUT2D eigenvalue weighted by atomic mass is 10.1. The number of aliphatic imine (C=N–C) groups is 1. The normalized spacial score (nSPS) is 16.0. The van der Waals surface area contributed by atoms with Crippen LogP contribution in [0.2, 0.25) is 0 Å². The molecule has 0 saturated carbocycles. The molecule has 146 valence electrons. The fourth-order valence-corrected chi connectivity index (χ4v) is 3.10. The van der Waals surface area contributed by atoms with Crippen LogP contribution >= 0.6 is 0 Å². The molecule has 2 heterocycles. The van der Waals surface area contributed by atoms with E-state index in [-0.39, 0.29) is 0 Å². The zero-order valence-corrected chi connectivity index (χ0v) is 15.5. The maximum Gasteiger partial charge on any atom is 0.194 e. The highest BCUT2D eigenvalue weighted by Gasteiger charge is 2.20. The number of nitrogens with zero attached hydrogens (tertiary/aromatic N) is 4. The maximum absolute atomic E-state index is 13.7. The van der Waals surface area contributed by atoms with E-state index in [1.54, 1.807) is 6.26 Å². The minimum Gasteiger partial charge on any atom is -0.364 e. The van der Waals surface area contributed by atoms with Crippen molar-refractivity contribution in [3.8, 4) is 0 Å². The van der Waals surface area contributed by atoms with Crippen LogP contribution in [0.5, 0.6) is 0 Å². The lowest BCUT2D eigenvalue weighted by molar-refractivity contribution is 0.169. The summed E-state index contributed by atoms with van der Waals surface area (Å²) in [5.41, 5.74) is 1.42. The Bertz CT molecular complexity index is 743. The molecular formula is C19H25F2N5O. The van der Waals surface area contributed by atoms with Crippen molar-refractivity contribution in [2.24, 2.45) is 4.99 Å². The number of benzene rings is 1. The molecule has 0 aliphatic carbocycles. The van der Waals surface area contributed by atoms with E-state index < -0.39 is 11.6 Å². The predicted octanol–water partition coefficient (Wildman–Crippen LogP) is 2.28. The number of hydrogen-bond acceptors (Lipinski definition) is 4. The maximum atomic E-state index is 13.7. The van der Waals surface area contributed by atoms with Crippen molar-refractivity contribution >= 4 is 5.96 Å². The van der Waals surface area contributed by atoms with Gasteiger partial charge in [0, 0.05) is 57.9 Å². The molecule has 0 bridgehead atoms. The number of nitrogens with one attached hydrogen (secondary N) is 1. The first-order valence-corrected chi connectivity index (χ1v) is 9.24. The molecule has 27 heavy (non-hydrogen) atoms. The first kappa shape index (κ1) is 19.3. The van der Waals surface area contributed by atoms with Crippen molar-refractivity contribution in [2.45, 2.75) is 19.9 Å². The predicted molar refractivity (Wildman–Crippen MR) is 99.4 cm³/mol. The second-order valence-corrected chi connectivity index (χ2v) is 6.48. The summed E-state index contributed by atoms with van der Waals surface area (Å²) in [6.45, 7) is 7.54. The van der Waals surface area contributed by atoms with E-state index in [0.29, 0.717) is 18.5 Å². The molecule has 8 heteroatoms. The van der Waals surface area contributed by atoms with Crippen LogP contribution in [0.25, 0.3) is 0 Å². The molecule has 1 aromatic carbocycles. The van der Waals surface area contributed by atoms with Crippen LogP contribution in [0.1, 0.15) is 18.2 Å². The Morgan fingerprint density at radius 1 is 1.22 bits per heavy atom. The molecular weight excluding hydrogens is 352 g/mol. The van der Waals surface area contributed by atoms with E-state index in [9.17, 15) is 8.78 Å². The lowest BCUT2D eigenvalue weighted by Crippen LogP contribution is -2.52. The van der Waals surface area contributed by atoms with Gasteiger partial charge in [0.15, 0.2) is 5.96 Å². The van der Waals surface area contributed by atoms with Gasteiger partial charge in [0.2, 0.25) is 0 Å². The van der Waals surface area contributed by atoms with Crippen molar-refractivity contribution in [3.63, 3.8) is 0 Å². The molecule has 0 spiro atoms. The van der Waals surface area contributed by atoms with Gasteiger partial charge in [-0.2, -0.15) is 0 Å². The quantitative estimate of drug-likeness (QED) is 0.618. The molecule has 1 aliphatic heterocycles. The minimum absolute atomic E-state index is 0.438. The van der Waals surface area contributed by atoms with E-state index in [1.807, 2.05) is 13.0 Å². The van der Waals surface area contributed by atoms with Crippen molar-refractivity contribution in [1.82, 2.24) is 20.3 Å². The van der Waals surface area contributed by atoms with Gasteiger partial charge in [-0.25, -0.2) is 8.78 Å². The molecule has 1 saturated heterocycles. The molecule has 1 aliphatic rings. The molecule has 1 aromatic heterocycles. The molecule has 1 N–H and O–H groups in total. The zero-order chi connectivity index (χ0) is 19.1. The van der Waals surface area contributed by atoms with E-state index in [4.69, 9.17) is 4.52 Å². The Labute approximate surface area is 157 Å². The van der Waals surface area contributed by atoms with Crippen LogP contribution in [-0.2, 0) is 13.0 Å². The van der Waals surface area contributed by atoms with Crippen LogP contribution in [0, 0.1) is 11.6 Å². The summed E-state index contributed by atoms with van der Waals surface area (Å²) in [6.07, 6.45) is 2.03. The zero-order valence-electron chi connectivity index (χ0n) is 15.5. The van der Waals surface area contributed by atoms with Crippen LogP contribution in [0.15, 0.2) is 40.0 Å². The molecule has 6 nitrogen and oxygen atoms in total. The van der Waals surface area contributed by atoms with Gasteiger partial charge in [-0.05, 0) is 25.0 Å². The van der Waals surface area contributed by atoms with Gasteiger partial charge < -0.3 is 14.7 Å². The number of piperazine rings is 1. The molecule has 2 aromatic rings. The highest BCUT2D eigenvalue weighted by Crippen LogP contribution is 2.11. The lowest BCUT2D eigenvalue weighted by Gasteiger charge is -2.36. The van der Waals surface area contributed by atoms with E-state index in [1.165, 1.54) is 12.1 Å². The van der Waals surface area contributed by atoms with Gasteiger partial charge in [-0.15, -0.1) is 0 Å². The number of guanidine groups is 1. The Morgan fingerprint density at radius 2 is 2.04 bits per heavy atom. The van der Waals surface area contributed by atoms with Crippen LogP contribution < -0.4 is 5.32 Å². The molecule has 0 atom stereocenters. The number of halogens is 2. The van der Waals surface area contributed by atoms with Crippen molar-refractivity contribution in [2.75, 3.05) is 39.3 Å². The second kappa shape index (κ2) is 9.45. The number of rotatable bonds is 6. The third-order valence-corrected chi connectivity index (χ3v) is 4.54. The van der Waals surface area contributed by atoms with Gasteiger partial charge in [-0.3, -0.25) is 9.89 Å². The standard InChI is InChI=1S/C19H25F2N5O/c1-2-22-19(23-7-5-15-3-4-16(20)13-18(15)21)26-10-8-25(9-11-26)14-17-6-12-27-24-17/h3-4,6,12-13H,2,5,7-11,14H2,1H3,(H,22,23). The fourth-order valence-electron chi connectivity index (χ4n) is 3.10. The topological polar surface area (TPSA) is 56.9 Å². The Kier molecular flexibility index (Phi) is 6.75. The summed E-state index contributed by atoms with van der Waals surface area (Å²) < 4.78 is 31.6. The molecule has 3 rings (SSSR count). The summed E-state index contributed by atoms with van der Waals surface area (Å²) >= 11 is 0. The van der Waals surface area contributed by atoms with Crippen molar-refractivity contribution < 1.29 is 13.3 Å². The van der Waals surface area contributed by atoms with Crippen molar-refractivity contribution in [1.29, 1.82) is 0 Å². The average Bonchev–Trinajstić information content (AvgIpc) is 3.16. The smallest absolute Gasteiger partial charge is 0.194 e. The first-order chi connectivity index (χ1) is 13.2. The van der Waals surface area contributed by atoms with Gasteiger partial charge in [0.25, 0.3) is 0 Å². The molecule has 0 radical (unpaired) electrons. The Balaban J connectivity index is 1.53. The second-order valence-electron chi connectivity index (χ2n) is 6.48. The Hall–Kier alpha value is -2.48. The summed E-state index contributed by atoms with van der Waals surface area (Å²) in [5, 5.41) is 7.25. The highest BCUT2D eigenvalue weighted by atomic mass is 19.1. The van der Waals surface area contributed by atoms with Crippen molar-refractivity contribution in [3.05, 3.63) is 53.4 Å². The van der Waals surface area contributed by atoms with Crippen LogP contribution in [0.3, 0.4) is 0 Å². The fraction of sp³-hybridized carbons (Fsp3) is 0.474. The third kappa shape index (κ3) is 5.50. The third-order valence-electron chi connectivity index (χ3n) is 4.54. The van der Waals surface area contributed by atoms with Gasteiger partial charge >= 0.3 is 0 Å². The van der Waals surface area contributed by atoms with E-state index >= 15 is 0 Å². The highest BCUT2D eigenvalue weighted by molar-refractivity contribution is 5.80. The largest absolute Gasteiger partial charge is 0.364 e. The average molecular weight is 377 g/mol. The summed E-state index contributed by atoms with van der Waals surface area (Å²) in [4.78, 5) is 9.16. The summed E-state index contributed by atoms with van der Waals surface area (Å²) in [5.74, 6) is -0.241. The molecule has 0 unspecified atom stereocenters. The number of aromatic nitrogens is 1. The van der Waals surface area contributed by atoms with E-state index in [0.717, 1.165) is 57.0 Å². The van der Waals surface area contributed by atoms with Gasteiger partial charge in [0.1, 0.15) is 17.9 Å². The Morgan fingerprint density at radius 3 is 2.70 bits per heavy atom.